The number of nitro benzene ring substituents is 1. The van der Waals surface area contributed by atoms with Crippen LogP contribution in [0.2, 0.25) is 0 Å². The summed E-state index contributed by atoms with van der Waals surface area (Å²) in [7, 11) is 0. The SMILES string of the molecule is C[C@H]1C[C@H](C)C[NH+](C/C=C/c2ccccc2[N+](=O)[O-])C1. The third-order valence-corrected chi connectivity index (χ3v) is 3.92. The molecule has 0 aliphatic carbocycles. The number of piperidine rings is 1. The Morgan fingerprint density at radius 1 is 1.30 bits per heavy atom. The normalized spacial score (nSPS) is 26.8. The molecule has 1 aromatic rings. The summed E-state index contributed by atoms with van der Waals surface area (Å²) in [6.45, 7) is 7.96. The van der Waals surface area contributed by atoms with Crippen molar-refractivity contribution >= 4 is 11.8 Å². The van der Waals surface area contributed by atoms with E-state index in [-0.39, 0.29) is 10.6 Å². The summed E-state index contributed by atoms with van der Waals surface area (Å²) in [4.78, 5) is 12.2. The van der Waals surface area contributed by atoms with Crippen LogP contribution in [0.25, 0.3) is 6.08 Å². The van der Waals surface area contributed by atoms with Gasteiger partial charge in [0.25, 0.3) is 5.69 Å². The van der Waals surface area contributed by atoms with Crippen LogP contribution in [0, 0.1) is 22.0 Å². The highest BCUT2D eigenvalue weighted by molar-refractivity contribution is 5.60. The molecule has 1 heterocycles. The Morgan fingerprint density at radius 2 is 1.95 bits per heavy atom. The summed E-state index contributed by atoms with van der Waals surface area (Å²) in [6, 6.07) is 6.89. The molecule has 1 aromatic carbocycles. The standard InChI is InChI=1S/C16H22N2O2/c1-13-10-14(2)12-17(11-13)9-5-7-15-6-3-4-8-16(15)18(19)20/h3-8,13-14H,9-12H2,1-2H3/p+1/b7-5+/t13-,14-/m0/s1. The predicted octanol–water partition coefficient (Wildman–Crippen LogP) is 2.17. The molecule has 2 atom stereocenters. The van der Waals surface area contributed by atoms with Gasteiger partial charge in [-0.2, -0.15) is 0 Å². The Hall–Kier alpha value is -1.68. The Labute approximate surface area is 120 Å². The van der Waals surface area contributed by atoms with Gasteiger partial charge < -0.3 is 4.90 Å². The molecule has 0 radical (unpaired) electrons. The number of para-hydroxylation sites is 1. The third kappa shape index (κ3) is 3.90. The van der Waals surface area contributed by atoms with E-state index < -0.39 is 0 Å². The number of nitro groups is 1. The lowest BCUT2D eigenvalue weighted by Crippen LogP contribution is -3.14. The Kier molecular flexibility index (Phi) is 4.90. The van der Waals surface area contributed by atoms with Crippen LogP contribution in [0.5, 0.6) is 0 Å². The number of benzene rings is 1. The minimum absolute atomic E-state index is 0.180. The van der Waals surface area contributed by atoms with E-state index in [1.54, 1.807) is 23.1 Å². The fraction of sp³-hybridized carbons (Fsp3) is 0.500. The minimum atomic E-state index is -0.322. The molecule has 4 nitrogen and oxygen atoms in total. The molecule has 108 valence electrons. The zero-order valence-corrected chi connectivity index (χ0v) is 12.2. The van der Waals surface area contributed by atoms with Crippen LogP contribution in [-0.2, 0) is 0 Å². The lowest BCUT2D eigenvalue weighted by atomic mass is 9.92. The van der Waals surface area contributed by atoms with Crippen molar-refractivity contribution in [3.63, 3.8) is 0 Å². The molecule has 1 saturated heterocycles. The highest BCUT2D eigenvalue weighted by Gasteiger charge is 2.23. The number of likely N-dealkylation sites (tertiary alicyclic amines) is 1. The molecule has 0 saturated carbocycles. The fourth-order valence-electron chi connectivity index (χ4n) is 3.24. The van der Waals surface area contributed by atoms with E-state index in [1.807, 2.05) is 12.1 Å². The molecule has 1 N–H and O–H groups in total. The number of nitrogens with zero attached hydrogens (tertiary/aromatic N) is 1. The first-order chi connectivity index (χ1) is 9.56. The maximum Gasteiger partial charge on any atom is 0.276 e. The van der Waals surface area contributed by atoms with E-state index in [0.29, 0.717) is 5.56 Å². The number of hydrogen-bond acceptors (Lipinski definition) is 2. The van der Waals surface area contributed by atoms with E-state index in [2.05, 4.69) is 19.9 Å². The summed E-state index contributed by atoms with van der Waals surface area (Å²) >= 11 is 0. The van der Waals surface area contributed by atoms with E-state index in [1.165, 1.54) is 19.5 Å². The summed E-state index contributed by atoms with van der Waals surface area (Å²) in [6.07, 6.45) is 5.27. The average molecular weight is 275 g/mol. The van der Waals surface area contributed by atoms with E-state index in [4.69, 9.17) is 0 Å². The van der Waals surface area contributed by atoms with Crippen LogP contribution in [0.3, 0.4) is 0 Å². The molecule has 4 heteroatoms. The first kappa shape index (κ1) is 14.7. The van der Waals surface area contributed by atoms with E-state index >= 15 is 0 Å². The van der Waals surface area contributed by atoms with E-state index in [0.717, 1.165) is 18.4 Å². The highest BCUT2D eigenvalue weighted by atomic mass is 16.6. The quantitative estimate of drug-likeness (QED) is 0.676. The van der Waals surface area contributed by atoms with Crippen molar-refractivity contribution in [2.24, 2.45) is 11.8 Å². The summed E-state index contributed by atoms with van der Waals surface area (Å²) in [5, 5.41) is 10.9. The summed E-state index contributed by atoms with van der Waals surface area (Å²) < 4.78 is 0. The van der Waals surface area contributed by atoms with E-state index in [9.17, 15) is 10.1 Å². The molecule has 0 unspecified atom stereocenters. The van der Waals surface area contributed by atoms with Gasteiger partial charge in [-0.15, -0.1) is 0 Å². The summed E-state index contributed by atoms with van der Waals surface area (Å²) in [5.74, 6) is 1.54. The third-order valence-electron chi connectivity index (χ3n) is 3.92. The van der Waals surface area contributed by atoms with Crippen molar-refractivity contribution in [1.82, 2.24) is 0 Å². The number of quaternary nitrogens is 1. The molecule has 0 spiro atoms. The molecule has 1 aliphatic rings. The van der Waals surface area contributed by atoms with Crippen LogP contribution in [-0.4, -0.2) is 24.6 Å². The first-order valence-electron chi connectivity index (χ1n) is 7.29. The van der Waals surface area contributed by atoms with Crippen molar-refractivity contribution < 1.29 is 9.82 Å². The average Bonchev–Trinajstić information content (AvgIpc) is 2.38. The lowest BCUT2D eigenvalue weighted by molar-refractivity contribution is -0.906. The Morgan fingerprint density at radius 3 is 2.60 bits per heavy atom. The van der Waals surface area contributed by atoms with Gasteiger partial charge in [0.05, 0.1) is 30.1 Å². The number of hydrogen-bond donors (Lipinski definition) is 1. The number of rotatable bonds is 4. The predicted molar refractivity (Wildman–Crippen MR) is 80.6 cm³/mol. The molecule has 20 heavy (non-hydrogen) atoms. The van der Waals surface area contributed by atoms with Crippen molar-refractivity contribution in [3.8, 4) is 0 Å². The second kappa shape index (κ2) is 6.66. The molecule has 1 fully saturated rings. The van der Waals surface area contributed by atoms with Crippen molar-refractivity contribution in [3.05, 3.63) is 46.0 Å². The van der Waals surface area contributed by atoms with Crippen LogP contribution in [0.1, 0.15) is 25.8 Å². The van der Waals surface area contributed by atoms with Crippen LogP contribution >= 0.6 is 0 Å². The molecule has 0 aromatic heterocycles. The van der Waals surface area contributed by atoms with Gasteiger partial charge in [0, 0.05) is 17.9 Å². The van der Waals surface area contributed by atoms with Gasteiger partial charge in [-0.25, -0.2) is 0 Å². The molecule has 2 rings (SSSR count). The van der Waals surface area contributed by atoms with Crippen molar-refractivity contribution in [2.75, 3.05) is 19.6 Å². The molecular weight excluding hydrogens is 252 g/mol. The zero-order chi connectivity index (χ0) is 14.5. The maximum atomic E-state index is 10.9. The van der Waals surface area contributed by atoms with Crippen LogP contribution in [0.4, 0.5) is 5.69 Å². The van der Waals surface area contributed by atoms with Gasteiger partial charge in [-0.1, -0.05) is 26.0 Å². The minimum Gasteiger partial charge on any atom is -0.331 e. The molecule has 0 bridgehead atoms. The molecular formula is C16H23N2O2+. The van der Waals surface area contributed by atoms with Crippen molar-refractivity contribution in [2.45, 2.75) is 20.3 Å². The lowest BCUT2D eigenvalue weighted by Gasteiger charge is -2.31. The first-order valence-corrected chi connectivity index (χ1v) is 7.29. The smallest absolute Gasteiger partial charge is 0.276 e. The highest BCUT2D eigenvalue weighted by Crippen LogP contribution is 2.18. The van der Waals surface area contributed by atoms with Gasteiger partial charge in [-0.3, -0.25) is 10.1 Å². The van der Waals surface area contributed by atoms with Crippen LogP contribution in [0.15, 0.2) is 30.3 Å². The summed E-state index contributed by atoms with van der Waals surface area (Å²) in [5.41, 5.74) is 0.870. The van der Waals surface area contributed by atoms with Gasteiger partial charge >= 0.3 is 0 Å². The second-order valence-corrected chi connectivity index (χ2v) is 6.03. The molecule has 0 amide bonds. The second-order valence-electron chi connectivity index (χ2n) is 6.03. The Balaban J connectivity index is 1.98. The number of nitrogens with one attached hydrogen (secondary N) is 1. The largest absolute Gasteiger partial charge is 0.331 e. The zero-order valence-electron chi connectivity index (χ0n) is 12.2. The van der Waals surface area contributed by atoms with Gasteiger partial charge in [-0.05, 0) is 24.6 Å². The fourth-order valence-corrected chi connectivity index (χ4v) is 3.24. The van der Waals surface area contributed by atoms with Crippen LogP contribution < -0.4 is 4.90 Å². The topological polar surface area (TPSA) is 47.6 Å². The monoisotopic (exact) mass is 275 g/mol. The van der Waals surface area contributed by atoms with Gasteiger partial charge in [0.1, 0.15) is 0 Å². The maximum absolute atomic E-state index is 10.9. The van der Waals surface area contributed by atoms with Gasteiger partial charge in [0.2, 0.25) is 0 Å². The Bertz CT molecular complexity index is 489. The van der Waals surface area contributed by atoms with Crippen molar-refractivity contribution in [1.29, 1.82) is 0 Å². The van der Waals surface area contributed by atoms with Gasteiger partial charge in [0.15, 0.2) is 0 Å². The molecule has 1 aliphatic heterocycles.